The molecule has 5 aromatic rings. The van der Waals surface area contributed by atoms with E-state index in [-0.39, 0.29) is 23.6 Å². The van der Waals surface area contributed by atoms with Gasteiger partial charge in [-0.05, 0) is 36.3 Å². The number of aromatic nitrogens is 7. The van der Waals surface area contributed by atoms with Gasteiger partial charge in [0.1, 0.15) is 0 Å². The highest BCUT2D eigenvalue weighted by atomic mass is 35.5. The van der Waals surface area contributed by atoms with E-state index in [0.717, 1.165) is 36.8 Å². The van der Waals surface area contributed by atoms with Gasteiger partial charge in [0.2, 0.25) is 23.5 Å². The van der Waals surface area contributed by atoms with Crippen LogP contribution in [-0.2, 0) is 11.3 Å². The normalized spacial score (nSPS) is 20.9. The van der Waals surface area contributed by atoms with E-state index in [9.17, 15) is 4.79 Å². The fourth-order valence-electron chi connectivity index (χ4n) is 5.97. The fourth-order valence-corrected chi connectivity index (χ4v) is 6.09. The quantitative estimate of drug-likeness (QED) is 0.257. The number of anilines is 1. The molecule has 2 aliphatic rings. The number of aromatic amines is 1. The number of morpholine rings is 1. The molecule has 7 rings (SSSR count). The summed E-state index contributed by atoms with van der Waals surface area (Å²) < 4.78 is 19.2. The minimum atomic E-state index is -0.711. The second-order valence-electron chi connectivity index (χ2n) is 11.2. The smallest absolute Gasteiger partial charge is 0.418 e. The van der Waals surface area contributed by atoms with Gasteiger partial charge in [0.05, 0.1) is 24.3 Å². The first kappa shape index (κ1) is 27.5. The van der Waals surface area contributed by atoms with Crippen molar-refractivity contribution in [2.45, 2.75) is 45.2 Å². The highest BCUT2D eigenvalue weighted by molar-refractivity contribution is 6.30. The van der Waals surface area contributed by atoms with Gasteiger partial charge >= 0.3 is 5.76 Å². The molecule has 13 heteroatoms. The third-order valence-electron chi connectivity index (χ3n) is 8.25. The van der Waals surface area contributed by atoms with E-state index in [1.807, 2.05) is 18.2 Å². The van der Waals surface area contributed by atoms with Crippen molar-refractivity contribution in [3.63, 3.8) is 0 Å². The Morgan fingerprint density at radius 2 is 1.91 bits per heavy atom. The molecule has 0 radical (unpaired) electrons. The van der Waals surface area contributed by atoms with E-state index in [4.69, 9.17) is 40.5 Å². The molecule has 4 aromatic heterocycles. The number of ether oxygens (including phenoxy) is 2. The Hall–Kier alpha value is -4.29. The molecule has 1 unspecified atom stereocenters. The summed E-state index contributed by atoms with van der Waals surface area (Å²) in [5, 5.41) is 4.29. The topological polar surface area (TPSA) is 137 Å². The van der Waals surface area contributed by atoms with Crippen LogP contribution in [0, 0.1) is 11.8 Å². The maximum absolute atomic E-state index is 11.8. The highest BCUT2D eigenvalue weighted by Gasteiger charge is 2.32. The zero-order chi connectivity index (χ0) is 29.3. The van der Waals surface area contributed by atoms with Gasteiger partial charge in [-0.15, -0.1) is 0 Å². The van der Waals surface area contributed by atoms with Crippen LogP contribution in [0.15, 0.2) is 58.0 Å². The molecule has 222 valence electrons. The van der Waals surface area contributed by atoms with Crippen molar-refractivity contribution in [1.82, 2.24) is 34.6 Å². The summed E-state index contributed by atoms with van der Waals surface area (Å²) in [7, 11) is 0. The molecule has 0 amide bonds. The molecule has 0 spiro atoms. The highest BCUT2D eigenvalue weighted by Crippen LogP contribution is 2.38. The van der Waals surface area contributed by atoms with Crippen LogP contribution in [0.25, 0.3) is 22.8 Å². The zero-order valence-corrected chi connectivity index (χ0v) is 24.4. The number of fused-ring (bicyclic) bond motifs is 1. The van der Waals surface area contributed by atoms with Gasteiger partial charge in [-0.2, -0.15) is 9.97 Å². The monoisotopic (exact) mass is 602 g/mol. The first-order chi connectivity index (χ1) is 21.0. The van der Waals surface area contributed by atoms with E-state index >= 15 is 0 Å². The summed E-state index contributed by atoms with van der Waals surface area (Å²) in [4.78, 5) is 35.5. The van der Waals surface area contributed by atoms with E-state index in [2.05, 4.69) is 43.6 Å². The van der Waals surface area contributed by atoms with Crippen molar-refractivity contribution < 1.29 is 14.0 Å². The van der Waals surface area contributed by atoms with Crippen molar-refractivity contribution in [2.24, 2.45) is 11.8 Å². The largest absolute Gasteiger partial charge is 0.439 e. The van der Waals surface area contributed by atoms with Crippen LogP contribution in [-0.4, -0.2) is 54.4 Å². The molecule has 1 atom stereocenters. The fraction of sp³-hybridized carbons (Fsp3) is 0.400. The molecule has 1 aliphatic heterocycles. The van der Waals surface area contributed by atoms with Crippen molar-refractivity contribution >= 4 is 28.7 Å². The average molecular weight is 603 g/mol. The Bertz CT molecular complexity index is 1760. The molecule has 12 nitrogen and oxygen atoms in total. The summed E-state index contributed by atoms with van der Waals surface area (Å²) in [6.45, 7) is 4.80. The molecule has 2 fully saturated rings. The molecule has 5 heterocycles. The molecule has 1 saturated heterocycles. The standard InChI is InChI=1S/C30H31ClN8O4/c1-18-7-9-19(10-8-18)16-39-24-25(35-29(39)38-13-14-41-17-22(38)20-5-3-2-4-6-20)33-26(27-36-30(40)43-37-27)34-28(24)42-23-12-11-21(31)15-32-23/h2-6,11-12,15,18-19,22H,7-10,13-14,16-17H2,1H3,(H,36,37,40). The van der Waals surface area contributed by atoms with Crippen LogP contribution >= 0.6 is 11.6 Å². The number of benzene rings is 1. The van der Waals surface area contributed by atoms with E-state index in [0.29, 0.717) is 47.7 Å². The molecule has 1 N–H and O–H groups in total. The number of imidazole rings is 1. The van der Waals surface area contributed by atoms with Gasteiger partial charge in [0.15, 0.2) is 11.2 Å². The molecule has 0 bridgehead atoms. The number of halogens is 1. The van der Waals surface area contributed by atoms with Gasteiger partial charge in [-0.25, -0.2) is 14.8 Å². The number of rotatable bonds is 7. The summed E-state index contributed by atoms with van der Waals surface area (Å²) >= 11 is 6.09. The summed E-state index contributed by atoms with van der Waals surface area (Å²) in [5.41, 5.74) is 2.19. The summed E-state index contributed by atoms with van der Waals surface area (Å²) in [6.07, 6.45) is 6.14. The Kier molecular flexibility index (Phi) is 7.54. The van der Waals surface area contributed by atoms with Gasteiger partial charge in [0.25, 0.3) is 5.88 Å². The number of nitrogens with zero attached hydrogens (tertiary/aromatic N) is 7. The van der Waals surface area contributed by atoms with Crippen molar-refractivity contribution in [2.75, 3.05) is 24.7 Å². The Labute approximate surface area is 252 Å². The van der Waals surface area contributed by atoms with Crippen LogP contribution < -0.4 is 15.4 Å². The van der Waals surface area contributed by atoms with Gasteiger partial charge in [0, 0.05) is 25.4 Å². The lowest BCUT2D eigenvalue weighted by molar-refractivity contribution is 0.0927. The lowest BCUT2D eigenvalue weighted by atomic mass is 9.83. The van der Waals surface area contributed by atoms with Gasteiger partial charge in [-0.1, -0.05) is 66.9 Å². The molecule has 1 saturated carbocycles. The molecule has 43 heavy (non-hydrogen) atoms. The number of pyridine rings is 1. The lowest BCUT2D eigenvalue weighted by Crippen LogP contribution is -2.41. The molecular weight excluding hydrogens is 572 g/mol. The molecule has 1 aromatic carbocycles. The van der Waals surface area contributed by atoms with Crippen molar-refractivity contribution in [3.8, 4) is 23.4 Å². The third-order valence-corrected chi connectivity index (χ3v) is 8.47. The van der Waals surface area contributed by atoms with Crippen molar-refractivity contribution in [1.29, 1.82) is 0 Å². The van der Waals surface area contributed by atoms with Crippen LogP contribution in [0.1, 0.15) is 44.2 Å². The maximum Gasteiger partial charge on any atom is 0.439 e. The zero-order valence-electron chi connectivity index (χ0n) is 23.6. The number of hydrogen-bond acceptors (Lipinski definition) is 10. The summed E-state index contributed by atoms with van der Waals surface area (Å²) in [6, 6.07) is 13.6. The Balaban J connectivity index is 1.41. The Morgan fingerprint density at radius 3 is 2.65 bits per heavy atom. The van der Waals surface area contributed by atoms with E-state index in [1.54, 1.807) is 12.1 Å². The molecule has 1 aliphatic carbocycles. The lowest BCUT2D eigenvalue weighted by Gasteiger charge is -2.37. The SMILES string of the molecule is CC1CCC(Cn2c(N3CCOCC3c3ccccc3)nc3nc(-c4noc(=O)[nH]4)nc(Oc4ccc(Cl)cn4)c32)CC1. The third kappa shape index (κ3) is 5.72. The predicted molar refractivity (Wildman–Crippen MR) is 159 cm³/mol. The maximum atomic E-state index is 11.8. The number of hydrogen-bond donors (Lipinski definition) is 1. The van der Waals surface area contributed by atoms with Crippen LogP contribution in [0.3, 0.4) is 0 Å². The minimum absolute atomic E-state index is 0.0430. The second-order valence-corrected chi connectivity index (χ2v) is 11.7. The predicted octanol–water partition coefficient (Wildman–Crippen LogP) is 5.41. The minimum Gasteiger partial charge on any atom is -0.418 e. The number of H-pyrrole nitrogens is 1. The average Bonchev–Trinajstić information content (AvgIpc) is 3.63. The second kappa shape index (κ2) is 11.8. The Morgan fingerprint density at radius 1 is 1.07 bits per heavy atom. The van der Waals surface area contributed by atoms with Crippen LogP contribution in [0.2, 0.25) is 5.02 Å². The summed E-state index contributed by atoms with van der Waals surface area (Å²) in [5.74, 6) is 1.97. The van der Waals surface area contributed by atoms with E-state index < -0.39 is 5.76 Å². The number of nitrogens with one attached hydrogen (secondary N) is 1. The van der Waals surface area contributed by atoms with Crippen molar-refractivity contribution in [3.05, 3.63) is 69.8 Å². The first-order valence-corrected chi connectivity index (χ1v) is 14.9. The van der Waals surface area contributed by atoms with Gasteiger partial charge < -0.3 is 18.9 Å². The van der Waals surface area contributed by atoms with E-state index in [1.165, 1.54) is 19.0 Å². The van der Waals surface area contributed by atoms with Crippen LogP contribution in [0.5, 0.6) is 11.8 Å². The first-order valence-electron chi connectivity index (χ1n) is 14.5. The van der Waals surface area contributed by atoms with Gasteiger partial charge in [-0.3, -0.25) is 9.51 Å². The van der Waals surface area contributed by atoms with Crippen LogP contribution in [0.4, 0.5) is 5.95 Å². The molecular formula is C30H31ClN8O4.